The van der Waals surface area contributed by atoms with E-state index in [1.807, 2.05) is 64.1 Å². The molecule has 33 heavy (non-hydrogen) atoms. The first-order chi connectivity index (χ1) is 15.9. The summed E-state index contributed by atoms with van der Waals surface area (Å²) in [6.07, 6.45) is 1.71. The number of benzene rings is 2. The first-order valence-electron chi connectivity index (χ1n) is 11.9. The number of hydrogen-bond donors (Lipinski definition) is 1. The Morgan fingerprint density at radius 2 is 1.70 bits per heavy atom. The quantitative estimate of drug-likeness (QED) is 0.478. The standard InChI is InChI=1S/C27H38N2O4/c1-6-16-28-27(31)21(5)29(19-23-11-9-10-20(4)17-23)26(30)15-13-22-12-14-24(32-7-2)25(18-22)33-8-3/h9-12,14,17-18,21H,6-8,13,15-16,19H2,1-5H3,(H,28,31)/t21-/m1/s1. The highest BCUT2D eigenvalue weighted by Crippen LogP contribution is 2.29. The molecule has 0 fully saturated rings. The van der Waals surface area contributed by atoms with Gasteiger partial charge in [0.2, 0.25) is 11.8 Å². The Kier molecular flexibility index (Phi) is 10.7. The van der Waals surface area contributed by atoms with Crippen molar-refractivity contribution in [2.75, 3.05) is 19.8 Å². The molecule has 0 aliphatic heterocycles. The fourth-order valence-electron chi connectivity index (χ4n) is 3.63. The van der Waals surface area contributed by atoms with Gasteiger partial charge in [-0.3, -0.25) is 9.59 Å². The molecule has 2 amide bonds. The molecule has 2 rings (SSSR count). The summed E-state index contributed by atoms with van der Waals surface area (Å²) >= 11 is 0. The fraction of sp³-hybridized carbons (Fsp3) is 0.481. The number of nitrogens with zero attached hydrogens (tertiary/aromatic N) is 1. The summed E-state index contributed by atoms with van der Waals surface area (Å²) in [6.45, 7) is 11.8. The van der Waals surface area contributed by atoms with Crippen molar-refractivity contribution in [3.05, 3.63) is 59.2 Å². The van der Waals surface area contributed by atoms with Gasteiger partial charge in [-0.1, -0.05) is 42.8 Å². The van der Waals surface area contributed by atoms with Crippen LogP contribution < -0.4 is 14.8 Å². The largest absolute Gasteiger partial charge is 0.490 e. The third-order valence-electron chi connectivity index (χ3n) is 5.39. The Bertz CT molecular complexity index is 913. The van der Waals surface area contributed by atoms with Gasteiger partial charge < -0.3 is 19.7 Å². The van der Waals surface area contributed by atoms with E-state index in [1.165, 1.54) is 0 Å². The molecular weight excluding hydrogens is 416 g/mol. The van der Waals surface area contributed by atoms with Crippen LogP contribution in [-0.2, 0) is 22.6 Å². The van der Waals surface area contributed by atoms with Gasteiger partial charge in [-0.2, -0.15) is 0 Å². The third-order valence-corrected chi connectivity index (χ3v) is 5.39. The summed E-state index contributed by atoms with van der Waals surface area (Å²) in [5.74, 6) is 1.21. The van der Waals surface area contributed by atoms with Crippen molar-refractivity contribution >= 4 is 11.8 Å². The van der Waals surface area contributed by atoms with Crippen molar-refractivity contribution in [1.82, 2.24) is 10.2 Å². The number of aryl methyl sites for hydroxylation is 2. The molecule has 0 unspecified atom stereocenters. The molecule has 2 aromatic carbocycles. The first kappa shape index (κ1) is 26.2. The number of hydrogen-bond acceptors (Lipinski definition) is 4. The van der Waals surface area contributed by atoms with Crippen LogP contribution in [0.25, 0.3) is 0 Å². The lowest BCUT2D eigenvalue weighted by Gasteiger charge is -2.29. The molecule has 6 heteroatoms. The van der Waals surface area contributed by atoms with Crippen molar-refractivity contribution in [1.29, 1.82) is 0 Å². The second kappa shape index (κ2) is 13.5. The minimum absolute atomic E-state index is 0.0532. The van der Waals surface area contributed by atoms with Crippen molar-refractivity contribution in [2.45, 2.75) is 66.5 Å². The Balaban J connectivity index is 2.16. The maximum atomic E-state index is 13.3. The molecule has 1 N–H and O–H groups in total. The molecule has 0 bridgehead atoms. The van der Waals surface area contributed by atoms with Crippen LogP contribution >= 0.6 is 0 Å². The lowest BCUT2D eigenvalue weighted by atomic mass is 10.1. The molecule has 6 nitrogen and oxygen atoms in total. The van der Waals surface area contributed by atoms with Gasteiger partial charge in [0.15, 0.2) is 11.5 Å². The van der Waals surface area contributed by atoms with Crippen molar-refractivity contribution < 1.29 is 19.1 Å². The highest BCUT2D eigenvalue weighted by Gasteiger charge is 2.25. The third kappa shape index (κ3) is 8.12. The minimum Gasteiger partial charge on any atom is -0.490 e. The van der Waals surface area contributed by atoms with Crippen molar-refractivity contribution in [2.24, 2.45) is 0 Å². The summed E-state index contributed by atoms with van der Waals surface area (Å²) in [5, 5.41) is 2.91. The molecule has 0 aliphatic carbocycles. The Morgan fingerprint density at radius 3 is 2.36 bits per heavy atom. The summed E-state index contributed by atoms with van der Waals surface area (Å²) < 4.78 is 11.3. The first-order valence-corrected chi connectivity index (χ1v) is 11.9. The predicted molar refractivity (Wildman–Crippen MR) is 132 cm³/mol. The maximum absolute atomic E-state index is 13.3. The second-order valence-corrected chi connectivity index (χ2v) is 8.12. The summed E-state index contributed by atoms with van der Waals surface area (Å²) in [5.41, 5.74) is 3.13. The van der Waals surface area contributed by atoms with E-state index in [9.17, 15) is 9.59 Å². The van der Waals surface area contributed by atoms with Crippen LogP contribution in [0.15, 0.2) is 42.5 Å². The van der Waals surface area contributed by atoms with E-state index in [1.54, 1.807) is 11.8 Å². The van der Waals surface area contributed by atoms with Gasteiger partial charge in [-0.15, -0.1) is 0 Å². The van der Waals surface area contributed by atoms with E-state index in [0.29, 0.717) is 50.6 Å². The topological polar surface area (TPSA) is 67.9 Å². The van der Waals surface area contributed by atoms with Crippen LogP contribution in [0.5, 0.6) is 11.5 Å². The number of rotatable bonds is 13. The van der Waals surface area contributed by atoms with Crippen LogP contribution in [0, 0.1) is 6.92 Å². The van der Waals surface area contributed by atoms with Gasteiger partial charge in [-0.25, -0.2) is 0 Å². The zero-order valence-electron chi connectivity index (χ0n) is 20.6. The maximum Gasteiger partial charge on any atom is 0.242 e. The molecule has 0 saturated carbocycles. The highest BCUT2D eigenvalue weighted by molar-refractivity contribution is 5.87. The number of ether oxygens (including phenoxy) is 2. The molecule has 0 saturated heterocycles. The summed E-state index contributed by atoms with van der Waals surface area (Å²) in [4.78, 5) is 27.6. The van der Waals surface area contributed by atoms with Gasteiger partial charge in [-0.05, 0) is 63.8 Å². The van der Waals surface area contributed by atoms with Crippen LogP contribution in [-0.4, -0.2) is 42.5 Å². The molecule has 0 radical (unpaired) electrons. The number of carbonyl (C=O) groups is 2. The molecular formula is C27H38N2O4. The zero-order chi connectivity index (χ0) is 24.2. The van der Waals surface area contributed by atoms with E-state index in [2.05, 4.69) is 11.4 Å². The van der Waals surface area contributed by atoms with Gasteiger partial charge in [0.1, 0.15) is 6.04 Å². The number of amides is 2. The van der Waals surface area contributed by atoms with Crippen LogP contribution in [0.3, 0.4) is 0 Å². The van der Waals surface area contributed by atoms with Gasteiger partial charge >= 0.3 is 0 Å². The average Bonchev–Trinajstić information content (AvgIpc) is 2.80. The van der Waals surface area contributed by atoms with E-state index in [-0.39, 0.29) is 11.8 Å². The normalized spacial score (nSPS) is 11.5. The van der Waals surface area contributed by atoms with Crippen LogP contribution in [0.2, 0.25) is 0 Å². The van der Waals surface area contributed by atoms with Crippen LogP contribution in [0.4, 0.5) is 0 Å². The van der Waals surface area contributed by atoms with Gasteiger partial charge in [0.05, 0.1) is 13.2 Å². The Hall–Kier alpha value is -3.02. The van der Waals surface area contributed by atoms with E-state index in [4.69, 9.17) is 9.47 Å². The average molecular weight is 455 g/mol. The van der Waals surface area contributed by atoms with E-state index in [0.717, 1.165) is 23.1 Å². The van der Waals surface area contributed by atoms with E-state index < -0.39 is 6.04 Å². The van der Waals surface area contributed by atoms with Crippen molar-refractivity contribution in [3.63, 3.8) is 0 Å². The molecule has 1 atom stereocenters. The smallest absolute Gasteiger partial charge is 0.242 e. The summed E-state index contributed by atoms with van der Waals surface area (Å²) in [7, 11) is 0. The SMILES string of the molecule is CCCNC(=O)[C@@H](C)N(Cc1cccc(C)c1)C(=O)CCc1ccc(OCC)c(OCC)c1. The second-order valence-electron chi connectivity index (χ2n) is 8.12. The van der Waals surface area contributed by atoms with Crippen LogP contribution in [0.1, 0.15) is 57.2 Å². The molecule has 0 heterocycles. The van der Waals surface area contributed by atoms with Gasteiger partial charge in [0.25, 0.3) is 0 Å². The lowest BCUT2D eigenvalue weighted by molar-refractivity contribution is -0.140. The van der Waals surface area contributed by atoms with Crippen molar-refractivity contribution in [3.8, 4) is 11.5 Å². The summed E-state index contributed by atoms with van der Waals surface area (Å²) in [6, 6.07) is 13.3. The number of nitrogens with one attached hydrogen (secondary N) is 1. The zero-order valence-corrected chi connectivity index (χ0v) is 20.6. The highest BCUT2D eigenvalue weighted by atomic mass is 16.5. The molecule has 180 valence electrons. The lowest BCUT2D eigenvalue weighted by Crippen LogP contribution is -2.47. The monoisotopic (exact) mass is 454 g/mol. The predicted octanol–water partition coefficient (Wildman–Crippen LogP) is 4.67. The molecule has 0 spiro atoms. The number of carbonyl (C=O) groups excluding carboxylic acids is 2. The van der Waals surface area contributed by atoms with E-state index >= 15 is 0 Å². The molecule has 0 aromatic heterocycles. The molecule has 0 aliphatic rings. The Morgan fingerprint density at radius 1 is 0.970 bits per heavy atom. The van der Waals surface area contributed by atoms with Gasteiger partial charge in [0, 0.05) is 19.5 Å². The molecule has 2 aromatic rings. The minimum atomic E-state index is -0.552. The fourth-order valence-corrected chi connectivity index (χ4v) is 3.63. The Labute approximate surface area is 198 Å².